The average Bonchev–Trinajstić information content (AvgIpc) is 3.50. The van der Waals surface area contributed by atoms with Crippen molar-refractivity contribution in [2.75, 3.05) is 13.2 Å². The highest BCUT2D eigenvalue weighted by Gasteiger charge is 2.35. The summed E-state index contributed by atoms with van der Waals surface area (Å²) >= 11 is 0. The Morgan fingerprint density at radius 3 is 2.23 bits per heavy atom. The summed E-state index contributed by atoms with van der Waals surface area (Å²) < 4.78 is 10.6. The second-order valence-corrected chi connectivity index (χ2v) is 7.57. The van der Waals surface area contributed by atoms with Gasteiger partial charge in [0.25, 0.3) is 0 Å². The van der Waals surface area contributed by atoms with Crippen LogP contribution in [0.1, 0.15) is 71.1 Å². The van der Waals surface area contributed by atoms with Crippen molar-refractivity contribution < 1.29 is 24.5 Å². The minimum atomic E-state index is -0.981. The van der Waals surface area contributed by atoms with Gasteiger partial charge >= 0.3 is 5.97 Å². The van der Waals surface area contributed by atoms with E-state index in [4.69, 9.17) is 19.7 Å². The van der Waals surface area contributed by atoms with E-state index < -0.39 is 12.7 Å². The first-order chi connectivity index (χ1) is 14.7. The van der Waals surface area contributed by atoms with Crippen LogP contribution in [0.15, 0.2) is 48.6 Å². The maximum atomic E-state index is 11.4. The molecule has 1 heterocycles. The maximum absolute atomic E-state index is 11.4. The summed E-state index contributed by atoms with van der Waals surface area (Å²) in [6.07, 6.45) is 26.6. The lowest BCUT2D eigenvalue weighted by Crippen LogP contribution is -2.21. The molecule has 3 unspecified atom stereocenters. The Hall–Kier alpha value is -1.69. The van der Waals surface area contributed by atoms with Gasteiger partial charge in [-0.05, 0) is 51.4 Å². The highest BCUT2D eigenvalue weighted by Crippen LogP contribution is 2.29. The van der Waals surface area contributed by atoms with Gasteiger partial charge in [0.05, 0.1) is 18.8 Å². The third kappa shape index (κ3) is 15.2. The molecule has 3 atom stereocenters. The molecule has 5 nitrogen and oxygen atoms in total. The number of carbonyl (C=O) groups excluding carboxylic acids is 1. The third-order valence-corrected chi connectivity index (χ3v) is 4.77. The van der Waals surface area contributed by atoms with Crippen LogP contribution in [-0.2, 0) is 14.3 Å². The molecule has 0 amide bonds. The van der Waals surface area contributed by atoms with Crippen molar-refractivity contribution in [3.05, 3.63) is 48.6 Å². The number of rotatable bonds is 18. The van der Waals surface area contributed by atoms with Gasteiger partial charge in [-0.25, -0.2) is 0 Å². The molecule has 170 valence electrons. The fraction of sp³-hybridized carbons (Fsp3) is 0.640. The Morgan fingerprint density at radius 2 is 1.57 bits per heavy atom. The molecule has 30 heavy (non-hydrogen) atoms. The van der Waals surface area contributed by atoms with Crippen molar-refractivity contribution in [1.82, 2.24) is 0 Å². The van der Waals surface area contributed by atoms with Crippen molar-refractivity contribution in [2.45, 2.75) is 89.4 Å². The summed E-state index contributed by atoms with van der Waals surface area (Å²) in [5.74, 6) is -0.316. The van der Waals surface area contributed by atoms with Gasteiger partial charge in [-0.1, -0.05) is 62.0 Å². The Balaban J connectivity index is 1.91. The van der Waals surface area contributed by atoms with E-state index in [1.54, 1.807) is 0 Å². The summed E-state index contributed by atoms with van der Waals surface area (Å²) in [5, 5.41) is 17.8. The van der Waals surface area contributed by atoms with Crippen LogP contribution in [0.4, 0.5) is 0 Å². The fourth-order valence-electron chi connectivity index (χ4n) is 2.90. The van der Waals surface area contributed by atoms with Crippen LogP contribution in [0, 0.1) is 0 Å². The number of epoxide rings is 1. The number of carbonyl (C=O) groups is 1. The predicted molar refractivity (Wildman–Crippen MR) is 121 cm³/mol. The van der Waals surface area contributed by atoms with E-state index in [0.29, 0.717) is 18.6 Å². The van der Waals surface area contributed by atoms with Gasteiger partial charge in [0.2, 0.25) is 0 Å². The molecule has 0 bridgehead atoms. The van der Waals surface area contributed by atoms with Crippen LogP contribution < -0.4 is 0 Å². The first-order valence-corrected chi connectivity index (χ1v) is 11.4. The average molecular weight is 421 g/mol. The molecule has 1 rings (SSSR count). The summed E-state index contributed by atoms with van der Waals surface area (Å²) in [5.41, 5.74) is 0. The van der Waals surface area contributed by atoms with Crippen LogP contribution in [0.5, 0.6) is 0 Å². The molecule has 0 saturated carbocycles. The van der Waals surface area contributed by atoms with E-state index in [2.05, 4.69) is 55.5 Å². The Labute approximate surface area is 182 Å². The van der Waals surface area contributed by atoms with Crippen LogP contribution in [0.3, 0.4) is 0 Å². The summed E-state index contributed by atoms with van der Waals surface area (Å²) in [7, 11) is 0. The number of aliphatic hydroxyl groups is 2. The van der Waals surface area contributed by atoms with Crippen LogP contribution in [0.2, 0.25) is 0 Å². The van der Waals surface area contributed by atoms with Crippen LogP contribution >= 0.6 is 0 Å². The number of allylic oxidation sites excluding steroid dienone is 6. The van der Waals surface area contributed by atoms with Crippen LogP contribution in [0.25, 0.3) is 0 Å². The summed E-state index contributed by atoms with van der Waals surface area (Å²) in [4.78, 5) is 11.4. The molecule has 1 aliphatic heterocycles. The standard InChI is InChI=1S/C25H40O5/c1-2-3-4-5-6-7-8-11-14-17-23-24(30-23)18-15-12-9-10-13-16-19-25(28)29-21-22(27)20-26/h3-4,6-7,11-12,14-15,22-24,26-27H,2,5,8-10,13,16-21H2,1H3. The highest BCUT2D eigenvalue weighted by molar-refractivity contribution is 5.69. The topological polar surface area (TPSA) is 79.3 Å². The lowest BCUT2D eigenvalue weighted by molar-refractivity contribution is -0.147. The van der Waals surface area contributed by atoms with Gasteiger partial charge < -0.3 is 19.7 Å². The smallest absolute Gasteiger partial charge is 0.305 e. The second-order valence-electron chi connectivity index (χ2n) is 7.57. The van der Waals surface area contributed by atoms with E-state index in [1.165, 1.54) is 0 Å². The third-order valence-electron chi connectivity index (χ3n) is 4.77. The number of unbranched alkanes of at least 4 members (excludes halogenated alkanes) is 3. The van der Waals surface area contributed by atoms with E-state index in [9.17, 15) is 4.79 Å². The maximum Gasteiger partial charge on any atom is 0.305 e. The van der Waals surface area contributed by atoms with Crippen molar-refractivity contribution in [2.24, 2.45) is 0 Å². The van der Waals surface area contributed by atoms with Crippen molar-refractivity contribution in [3.63, 3.8) is 0 Å². The molecule has 1 fully saturated rings. The molecule has 0 aliphatic carbocycles. The summed E-state index contributed by atoms with van der Waals surface area (Å²) in [6, 6.07) is 0. The monoisotopic (exact) mass is 420 g/mol. The fourth-order valence-corrected chi connectivity index (χ4v) is 2.90. The second kappa shape index (κ2) is 18.1. The first-order valence-electron chi connectivity index (χ1n) is 11.4. The molecular weight excluding hydrogens is 380 g/mol. The van der Waals surface area contributed by atoms with Gasteiger partial charge in [0, 0.05) is 6.42 Å². The molecule has 1 saturated heterocycles. The Morgan fingerprint density at radius 1 is 0.933 bits per heavy atom. The first kappa shape index (κ1) is 26.3. The molecule has 0 aromatic carbocycles. The van der Waals surface area contributed by atoms with Gasteiger partial charge in [0.15, 0.2) is 0 Å². The SMILES string of the molecule is CCC=CCC=CCC=CCC1OC1CC=CCCCCCC(=O)OCC(O)CO. The van der Waals surface area contributed by atoms with E-state index in [0.717, 1.165) is 57.8 Å². The van der Waals surface area contributed by atoms with Gasteiger partial charge in [-0.3, -0.25) is 4.79 Å². The van der Waals surface area contributed by atoms with Crippen LogP contribution in [-0.4, -0.2) is 47.7 Å². The van der Waals surface area contributed by atoms with E-state index >= 15 is 0 Å². The number of hydrogen-bond acceptors (Lipinski definition) is 5. The quantitative estimate of drug-likeness (QED) is 0.144. The zero-order chi connectivity index (χ0) is 21.9. The molecule has 0 aromatic rings. The number of esters is 1. The minimum Gasteiger partial charge on any atom is -0.463 e. The van der Waals surface area contributed by atoms with Crippen molar-refractivity contribution >= 4 is 5.97 Å². The molecular formula is C25H40O5. The Bertz CT molecular complexity index is 550. The van der Waals surface area contributed by atoms with Crippen molar-refractivity contribution in [1.29, 1.82) is 0 Å². The molecule has 0 spiro atoms. The van der Waals surface area contributed by atoms with Gasteiger partial charge in [0.1, 0.15) is 12.7 Å². The molecule has 5 heteroatoms. The molecule has 1 aliphatic rings. The van der Waals surface area contributed by atoms with E-state index in [-0.39, 0.29) is 12.6 Å². The van der Waals surface area contributed by atoms with E-state index in [1.807, 2.05) is 0 Å². The number of aliphatic hydroxyl groups excluding tert-OH is 2. The zero-order valence-corrected chi connectivity index (χ0v) is 18.5. The van der Waals surface area contributed by atoms with Crippen molar-refractivity contribution in [3.8, 4) is 0 Å². The lowest BCUT2D eigenvalue weighted by atomic mass is 10.1. The normalized spacial score (nSPS) is 20.1. The highest BCUT2D eigenvalue weighted by atomic mass is 16.6. The zero-order valence-electron chi connectivity index (χ0n) is 18.5. The van der Waals surface area contributed by atoms with Gasteiger partial charge in [-0.2, -0.15) is 0 Å². The molecule has 2 N–H and O–H groups in total. The molecule has 0 aromatic heterocycles. The van der Waals surface area contributed by atoms with Gasteiger partial charge in [-0.15, -0.1) is 0 Å². The predicted octanol–water partition coefficient (Wildman–Crippen LogP) is 4.80. The Kier molecular flexibility index (Phi) is 15.9. The molecule has 0 radical (unpaired) electrons. The lowest BCUT2D eigenvalue weighted by Gasteiger charge is -2.08. The number of ether oxygens (including phenoxy) is 2. The number of hydrogen-bond donors (Lipinski definition) is 2. The largest absolute Gasteiger partial charge is 0.463 e. The summed E-state index contributed by atoms with van der Waals surface area (Å²) in [6.45, 7) is 1.62. The minimum absolute atomic E-state index is 0.133.